The molecule has 0 aromatic heterocycles. The summed E-state index contributed by atoms with van der Waals surface area (Å²) in [4.78, 5) is 11.5. The van der Waals surface area contributed by atoms with Crippen molar-refractivity contribution in [3.8, 4) is 0 Å². The van der Waals surface area contributed by atoms with Gasteiger partial charge in [0.2, 0.25) is 5.91 Å². The highest BCUT2D eigenvalue weighted by Crippen LogP contribution is 2.16. The van der Waals surface area contributed by atoms with Crippen molar-refractivity contribution in [1.82, 2.24) is 5.32 Å². The summed E-state index contributed by atoms with van der Waals surface area (Å²) in [5.74, 6) is 0.0823. The molecule has 3 N–H and O–H groups in total. The van der Waals surface area contributed by atoms with Crippen LogP contribution in [0, 0.1) is 6.92 Å². The molecule has 0 unspecified atom stereocenters. The minimum atomic E-state index is 0.0823. The van der Waals surface area contributed by atoms with Crippen molar-refractivity contribution in [3.05, 3.63) is 41.0 Å². The molecule has 0 fully saturated rings. The van der Waals surface area contributed by atoms with Crippen LogP contribution < -0.4 is 11.1 Å². The van der Waals surface area contributed by atoms with Crippen LogP contribution in [-0.4, -0.2) is 19.0 Å². The number of aryl methyl sites for hydroxylation is 1. The van der Waals surface area contributed by atoms with Gasteiger partial charge in [0.25, 0.3) is 0 Å². The van der Waals surface area contributed by atoms with E-state index in [1.165, 1.54) is 5.56 Å². The Kier molecular flexibility index (Phi) is 9.45. The van der Waals surface area contributed by atoms with E-state index >= 15 is 0 Å². The largest absolute Gasteiger partial charge is 0.356 e. The highest BCUT2D eigenvalue weighted by molar-refractivity contribution is 5.80. The van der Waals surface area contributed by atoms with Gasteiger partial charge in [0.1, 0.15) is 0 Å². The van der Waals surface area contributed by atoms with Crippen LogP contribution in [0.2, 0.25) is 0 Å². The van der Waals surface area contributed by atoms with Gasteiger partial charge in [-0.05, 0) is 44.0 Å². The molecule has 19 heavy (non-hydrogen) atoms. The van der Waals surface area contributed by atoms with Gasteiger partial charge in [-0.25, -0.2) is 0 Å². The van der Waals surface area contributed by atoms with E-state index in [-0.39, 0.29) is 5.91 Å². The number of amides is 1. The molecular weight excluding hydrogens is 236 g/mol. The second-order valence-corrected chi connectivity index (χ2v) is 4.19. The molecule has 0 bridgehead atoms. The molecule has 106 valence electrons. The molecule has 1 aromatic rings. The number of carbonyl (C=O) groups is 1. The molecule has 0 heterocycles. The van der Waals surface area contributed by atoms with Crippen LogP contribution in [0.1, 0.15) is 37.5 Å². The lowest BCUT2D eigenvalue weighted by Crippen LogP contribution is -2.24. The van der Waals surface area contributed by atoms with Crippen molar-refractivity contribution in [3.63, 3.8) is 0 Å². The van der Waals surface area contributed by atoms with Gasteiger partial charge in [0.15, 0.2) is 0 Å². The third-order valence-electron chi connectivity index (χ3n) is 2.47. The molecule has 3 nitrogen and oxygen atoms in total. The van der Waals surface area contributed by atoms with Crippen molar-refractivity contribution in [2.24, 2.45) is 5.73 Å². The SMILES string of the molecule is C/C=C\c1c(C)cccc1CC(=O)NCC.CCN. The third kappa shape index (κ3) is 6.77. The molecule has 1 aromatic carbocycles. The second-order valence-electron chi connectivity index (χ2n) is 4.19. The summed E-state index contributed by atoms with van der Waals surface area (Å²) in [7, 11) is 0. The number of benzene rings is 1. The van der Waals surface area contributed by atoms with Crippen LogP contribution >= 0.6 is 0 Å². The lowest BCUT2D eigenvalue weighted by Gasteiger charge is -2.09. The molecule has 0 spiro atoms. The Morgan fingerprint density at radius 2 is 2.00 bits per heavy atom. The number of hydrogen-bond acceptors (Lipinski definition) is 2. The molecule has 1 amide bonds. The number of likely N-dealkylation sites (N-methyl/N-ethyl adjacent to an activating group) is 1. The maximum Gasteiger partial charge on any atom is 0.224 e. The van der Waals surface area contributed by atoms with Crippen LogP contribution in [0.15, 0.2) is 24.3 Å². The number of hydrogen-bond donors (Lipinski definition) is 2. The first-order valence-corrected chi connectivity index (χ1v) is 6.78. The van der Waals surface area contributed by atoms with E-state index in [0.717, 1.165) is 17.7 Å². The van der Waals surface area contributed by atoms with Gasteiger partial charge in [-0.15, -0.1) is 0 Å². The highest BCUT2D eigenvalue weighted by atomic mass is 16.1. The van der Waals surface area contributed by atoms with Gasteiger partial charge < -0.3 is 11.1 Å². The van der Waals surface area contributed by atoms with Crippen molar-refractivity contribution in [1.29, 1.82) is 0 Å². The molecule has 1 rings (SSSR count). The molecule has 0 aliphatic heterocycles. The number of nitrogens with two attached hydrogens (primary N) is 1. The van der Waals surface area contributed by atoms with E-state index < -0.39 is 0 Å². The Bertz CT molecular complexity index is 411. The molecular formula is C16H26N2O. The Morgan fingerprint density at radius 3 is 2.53 bits per heavy atom. The number of carbonyl (C=O) groups excluding carboxylic acids is 1. The normalized spacial score (nSPS) is 9.95. The summed E-state index contributed by atoms with van der Waals surface area (Å²) < 4.78 is 0. The zero-order valence-corrected chi connectivity index (χ0v) is 12.5. The minimum absolute atomic E-state index is 0.0823. The van der Waals surface area contributed by atoms with Gasteiger partial charge in [-0.2, -0.15) is 0 Å². The topological polar surface area (TPSA) is 55.1 Å². The zero-order chi connectivity index (χ0) is 14.7. The molecule has 0 atom stereocenters. The van der Waals surface area contributed by atoms with E-state index in [0.29, 0.717) is 13.0 Å². The van der Waals surface area contributed by atoms with Gasteiger partial charge in [0.05, 0.1) is 6.42 Å². The van der Waals surface area contributed by atoms with Crippen LogP contribution in [-0.2, 0) is 11.2 Å². The Labute approximate surface area is 116 Å². The fourth-order valence-corrected chi connectivity index (χ4v) is 1.73. The standard InChI is InChI=1S/C14H19NO.C2H7N/c1-4-7-13-11(3)8-6-9-12(13)10-14(16)15-5-2;1-2-3/h4,6-9H,5,10H2,1-3H3,(H,15,16);2-3H2,1H3/b7-4-;. The minimum Gasteiger partial charge on any atom is -0.356 e. The fraction of sp³-hybridized carbons (Fsp3) is 0.438. The second kappa shape index (κ2) is 10.3. The lowest BCUT2D eigenvalue weighted by atomic mass is 9.99. The van der Waals surface area contributed by atoms with Gasteiger partial charge >= 0.3 is 0 Å². The van der Waals surface area contributed by atoms with Crippen molar-refractivity contribution in [2.45, 2.75) is 34.1 Å². The van der Waals surface area contributed by atoms with Gasteiger partial charge in [0, 0.05) is 6.54 Å². The van der Waals surface area contributed by atoms with E-state index in [2.05, 4.69) is 24.4 Å². The summed E-state index contributed by atoms with van der Waals surface area (Å²) in [6.45, 7) is 9.32. The Hall–Kier alpha value is -1.61. The molecule has 3 heteroatoms. The van der Waals surface area contributed by atoms with E-state index in [1.807, 2.05) is 39.0 Å². The molecule has 0 aliphatic carbocycles. The van der Waals surface area contributed by atoms with Crippen molar-refractivity contribution in [2.75, 3.05) is 13.1 Å². The average molecular weight is 262 g/mol. The summed E-state index contributed by atoms with van der Waals surface area (Å²) in [5, 5.41) is 2.82. The summed E-state index contributed by atoms with van der Waals surface area (Å²) in [6.07, 6.45) is 4.52. The van der Waals surface area contributed by atoms with E-state index in [1.54, 1.807) is 0 Å². The molecule has 0 radical (unpaired) electrons. The van der Waals surface area contributed by atoms with E-state index in [9.17, 15) is 4.79 Å². The number of rotatable bonds is 4. The predicted octanol–water partition coefficient (Wildman–Crippen LogP) is 2.67. The molecule has 0 saturated carbocycles. The number of allylic oxidation sites excluding steroid dienone is 1. The molecule has 0 aliphatic rings. The van der Waals surface area contributed by atoms with Crippen molar-refractivity contribution >= 4 is 12.0 Å². The van der Waals surface area contributed by atoms with E-state index in [4.69, 9.17) is 5.73 Å². The summed E-state index contributed by atoms with van der Waals surface area (Å²) in [5.41, 5.74) is 8.31. The van der Waals surface area contributed by atoms with Crippen LogP contribution in [0.25, 0.3) is 6.08 Å². The maximum absolute atomic E-state index is 11.5. The first-order chi connectivity index (χ1) is 9.10. The fourth-order valence-electron chi connectivity index (χ4n) is 1.73. The highest BCUT2D eigenvalue weighted by Gasteiger charge is 2.06. The summed E-state index contributed by atoms with van der Waals surface area (Å²) >= 11 is 0. The van der Waals surface area contributed by atoms with Gasteiger partial charge in [-0.1, -0.05) is 37.3 Å². The summed E-state index contributed by atoms with van der Waals surface area (Å²) in [6, 6.07) is 6.07. The first-order valence-electron chi connectivity index (χ1n) is 6.78. The quantitative estimate of drug-likeness (QED) is 0.876. The maximum atomic E-state index is 11.5. The average Bonchev–Trinajstić information content (AvgIpc) is 2.35. The smallest absolute Gasteiger partial charge is 0.224 e. The van der Waals surface area contributed by atoms with Crippen molar-refractivity contribution < 1.29 is 4.79 Å². The number of nitrogens with one attached hydrogen (secondary N) is 1. The monoisotopic (exact) mass is 262 g/mol. The van der Waals surface area contributed by atoms with Crippen LogP contribution in [0.3, 0.4) is 0 Å². The van der Waals surface area contributed by atoms with Crippen LogP contribution in [0.5, 0.6) is 0 Å². The predicted molar refractivity (Wildman–Crippen MR) is 83.0 cm³/mol. The third-order valence-corrected chi connectivity index (χ3v) is 2.47. The molecule has 0 saturated heterocycles. The Morgan fingerprint density at radius 1 is 1.37 bits per heavy atom. The first kappa shape index (κ1) is 17.4. The Balaban J connectivity index is 0.000000982. The van der Waals surface area contributed by atoms with Crippen LogP contribution in [0.4, 0.5) is 0 Å². The zero-order valence-electron chi connectivity index (χ0n) is 12.5. The van der Waals surface area contributed by atoms with Gasteiger partial charge in [-0.3, -0.25) is 4.79 Å². The lowest BCUT2D eigenvalue weighted by molar-refractivity contribution is -0.120.